The number of ether oxygens (including phenoxy) is 2. The molecule has 1 atom stereocenters. The minimum absolute atomic E-state index is 0.200. The zero-order valence-electron chi connectivity index (χ0n) is 13.0. The summed E-state index contributed by atoms with van der Waals surface area (Å²) in [4.78, 5) is 0.222. The van der Waals surface area contributed by atoms with Crippen LogP contribution in [0.4, 0.5) is 11.4 Å². The van der Waals surface area contributed by atoms with E-state index in [0.717, 1.165) is 25.1 Å². The molecular weight excluding hydrogens is 318 g/mol. The van der Waals surface area contributed by atoms with Crippen LogP contribution in [0.25, 0.3) is 0 Å². The number of nitrogens with one attached hydrogen (secondary N) is 1. The van der Waals surface area contributed by atoms with Crippen molar-refractivity contribution >= 4 is 21.4 Å². The molecular formula is C15H23N3O4S. The van der Waals surface area contributed by atoms with E-state index in [9.17, 15) is 8.42 Å². The van der Waals surface area contributed by atoms with Gasteiger partial charge in [0.1, 0.15) is 0 Å². The number of sulfonamides is 1. The Morgan fingerprint density at radius 1 is 1.26 bits per heavy atom. The number of nitrogens with zero attached hydrogens (tertiary/aromatic N) is 1. The van der Waals surface area contributed by atoms with E-state index in [1.54, 1.807) is 12.1 Å². The highest BCUT2D eigenvalue weighted by molar-refractivity contribution is 7.89. The van der Waals surface area contributed by atoms with Crippen molar-refractivity contribution in [2.45, 2.75) is 23.8 Å². The summed E-state index contributed by atoms with van der Waals surface area (Å²) in [5, 5.41) is 3.23. The van der Waals surface area contributed by atoms with Crippen molar-refractivity contribution in [3.8, 4) is 0 Å². The molecule has 2 fully saturated rings. The first-order chi connectivity index (χ1) is 11.1. The maximum Gasteiger partial charge on any atom is 0.243 e. The number of anilines is 2. The van der Waals surface area contributed by atoms with Gasteiger partial charge in [0.25, 0.3) is 0 Å². The Labute approximate surface area is 136 Å². The highest BCUT2D eigenvalue weighted by atomic mass is 32.2. The molecule has 2 saturated heterocycles. The fourth-order valence-electron chi connectivity index (χ4n) is 2.83. The molecule has 0 aromatic heterocycles. The minimum atomic E-state index is -3.51. The molecule has 0 aliphatic carbocycles. The van der Waals surface area contributed by atoms with Gasteiger partial charge in [0.2, 0.25) is 10.0 Å². The van der Waals surface area contributed by atoms with Crippen LogP contribution in [0.5, 0.6) is 0 Å². The first-order valence-corrected chi connectivity index (χ1v) is 9.34. The van der Waals surface area contributed by atoms with Crippen molar-refractivity contribution in [3.63, 3.8) is 0 Å². The molecule has 1 aromatic carbocycles. The van der Waals surface area contributed by atoms with Crippen LogP contribution >= 0.6 is 0 Å². The lowest BCUT2D eigenvalue weighted by Crippen LogP contribution is -2.40. The molecule has 0 spiro atoms. The van der Waals surface area contributed by atoms with Gasteiger partial charge in [-0.1, -0.05) is 0 Å². The standard InChI is InChI=1S/C15H23N3O4S/c16-14-10-13(23(19,20)18-5-8-21-9-6-18)3-4-15(14)17-11-12-2-1-7-22-12/h3-4,10,12,17H,1-2,5-9,11,16H2/t12-/m1/s1. The monoisotopic (exact) mass is 341 g/mol. The van der Waals surface area contributed by atoms with E-state index in [1.165, 1.54) is 10.4 Å². The largest absolute Gasteiger partial charge is 0.397 e. The van der Waals surface area contributed by atoms with Crippen molar-refractivity contribution in [3.05, 3.63) is 18.2 Å². The zero-order valence-corrected chi connectivity index (χ0v) is 13.8. The van der Waals surface area contributed by atoms with Gasteiger partial charge in [0.05, 0.1) is 35.6 Å². The molecule has 0 bridgehead atoms. The zero-order chi connectivity index (χ0) is 16.3. The lowest BCUT2D eigenvalue weighted by atomic mass is 10.2. The van der Waals surface area contributed by atoms with E-state index in [1.807, 2.05) is 0 Å². The second kappa shape index (κ2) is 7.04. The second-order valence-corrected chi connectivity index (χ2v) is 7.72. The Morgan fingerprint density at radius 2 is 2.04 bits per heavy atom. The predicted molar refractivity (Wildman–Crippen MR) is 87.9 cm³/mol. The van der Waals surface area contributed by atoms with Crippen molar-refractivity contribution < 1.29 is 17.9 Å². The van der Waals surface area contributed by atoms with Gasteiger partial charge in [-0.3, -0.25) is 0 Å². The number of morpholine rings is 1. The summed E-state index contributed by atoms with van der Waals surface area (Å²) < 4.78 is 37.4. The normalized spacial score (nSPS) is 23.0. The molecule has 0 radical (unpaired) electrons. The summed E-state index contributed by atoms with van der Waals surface area (Å²) in [7, 11) is -3.51. The van der Waals surface area contributed by atoms with Crippen LogP contribution in [0, 0.1) is 0 Å². The second-order valence-electron chi connectivity index (χ2n) is 5.78. The van der Waals surface area contributed by atoms with Crippen molar-refractivity contribution in [2.24, 2.45) is 0 Å². The molecule has 3 N–H and O–H groups in total. The summed E-state index contributed by atoms with van der Waals surface area (Å²) in [6.45, 7) is 3.09. The van der Waals surface area contributed by atoms with E-state index < -0.39 is 10.0 Å². The average molecular weight is 341 g/mol. The first kappa shape index (κ1) is 16.5. The average Bonchev–Trinajstić information content (AvgIpc) is 3.08. The number of nitrogens with two attached hydrogens (primary N) is 1. The maximum atomic E-state index is 12.6. The van der Waals surface area contributed by atoms with Gasteiger partial charge in [-0.2, -0.15) is 4.31 Å². The van der Waals surface area contributed by atoms with Gasteiger partial charge in [0.15, 0.2) is 0 Å². The molecule has 0 amide bonds. The first-order valence-electron chi connectivity index (χ1n) is 7.90. The summed E-state index contributed by atoms with van der Waals surface area (Å²) in [5.41, 5.74) is 7.19. The number of benzene rings is 1. The quantitative estimate of drug-likeness (QED) is 0.772. The van der Waals surface area contributed by atoms with Crippen molar-refractivity contribution in [1.29, 1.82) is 0 Å². The SMILES string of the molecule is Nc1cc(S(=O)(=O)N2CCOCC2)ccc1NC[C@H]1CCCO1. The molecule has 1 aromatic rings. The molecule has 128 valence electrons. The third-order valence-electron chi connectivity index (χ3n) is 4.18. The highest BCUT2D eigenvalue weighted by Gasteiger charge is 2.26. The molecule has 0 saturated carbocycles. The van der Waals surface area contributed by atoms with E-state index in [2.05, 4.69) is 5.32 Å². The number of rotatable bonds is 5. The van der Waals surface area contributed by atoms with Crippen LogP contribution in [0.3, 0.4) is 0 Å². The summed E-state index contributed by atoms with van der Waals surface area (Å²) in [6, 6.07) is 4.83. The summed E-state index contributed by atoms with van der Waals surface area (Å²) in [5.74, 6) is 0. The Bertz CT molecular complexity index is 638. The fourth-order valence-corrected chi connectivity index (χ4v) is 4.27. The number of hydrogen-bond donors (Lipinski definition) is 2. The van der Waals surface area contributed by atoms with Crippen LogP contribution in [-0.4, -0.2) is 58.3 Å². The van der Waals surface area contributed by atoms with Crippen LogP contribution in [-0.2, 0) is 19.5 Å². The van der Waals surface area contributed by atoms with Crippen LogP contribution in [0.1, 0.15) is 12.8 Å². The molecule has 0 unspecified atom stereocenters. The maximum absolute atomic E-state index is 12.6. The van der Waals surface area contributed by atoms with Gasteiger partial charge in [-0.05, 0) is 31.0 Å². The molecule has 23 heavy (non-hydrogen) atoms. The minimum Gasteiger partial charge on any atom is -0.397 e. The van der Waals surface area contributed by atoms with Gasteiger partial charge in [0, 0.05) is 26.2 Å². The molecule has 2 aliphatic heterocycles. The number of nitrogen functional groups attached to an aromatic ring is 1. The molecule has 2 heterocycles. The Hall–Kier alpha value is -1.35. The van der Waals surface area contributed by atoms with E-state index in [0.29, 0.717) is 38.5 Å². The Balaban J connectivity index is 1.70. The third-order valence-corrected chi connectivity index (χ3v) is 6.07. The van der Waals surface area contributed by atoms with Gasteiger partial charge in [-0.15, -0.1) is 0 Å². The van der Waals surface area contributed by atoms with Gasteiger partial charge < -0.3 is 20.5 Å². The van der Waals surface area contributed by atoms with Crippen molar-refractivity contribution in [1.82, 2.24) is 4.31 Å². The summed E-state index contributed by atoms with van der Waals surface area (Å²) >= 11 is 0. The molecule has 2 aliphatic rings. The molecule has 8 heteroatoms. The third kappa shape index (κ3) is 3.77. The Morgan fingerprint density at radius 3 is 2.70 bits per heavy atom. The van der Waals surface area contributed by atoms with E-state index in [4.69, 9.17) is 15.2 Å². The van der Waals surface area contributed by atoms with Crippen LogP contribution in [0.2, 0.25) is 0 Å². The van der Waals surface area contributed by atoms with E-state index in [-0.39, 0.29) is 11.0 Å². The lowest BCUT2D eigenvalue weighted by molar-refractivity contribution is 0.0730. The van der Waals surface area contributed by atoms with E-state index >= 15 is 0 Å². The molecule has 7 nitrogen and oxygen atoms in total. The lowest BCUT2D eigenvalue weighted by Gasteiger charge is -2.26. The van der Waals surface area contributed by atoms with Gasteiger partial charge in [-0.25, -0.2) is 8.42 Å². The molecule has 3 rings (SSSR count). The highest BCUT2D eigenvalue weighted by Crippen LogP contribution is 2.25. The number of hydrogen-bond acceptors (Lipinski definition) is 6. The Kier molecular flexibility index (Phi) is 5.05. The fraction of sp³-hybridized carbons (Fsp3) is 0.600. The van der Waals surface area contributed by atoms with Crippen LogP contribution in [0.15, 0.2) is 23.1 Å². The van der Waals surface area contributed by atoms with Crippen LogP contribution < -0.4 is 11.1 Å². The summed E-state index contributed by atoms with van der Waals surface area (Å²) in [6.07, 6.45) is 2.32. The smallest absolute Gasteiger partial charge is 0.243 e. The van der Waals surface area contributed by atoms with Gasteiger partial charge >= 0.3 is 0 Å². The topological polar surface area (TPSA) is 93.9 Å². The van der Waals surface area contributed by atoms with Crippen molar-refractivity contribution in [2.75, 3.05) is 50.5 Å². The predicted octanol–water partition coefficient (Wildman–Crippen LogP) is 0.881.